The highest BCUT2D eigenvalue weighted by atomic mass is 32.1. The predicted molar refractivity (Wildman–Crippen MR) is 141 cm³/mol. The van der Waals surface area contributed by atoms with Gasteiger partial charge in [-0.25, -0.2) is 4.79 Å². The molecule has 0 radical (unpaired) electrons. The predicted octanol–water partition coefficient (Wildman–Crippen LogP) is 4.91. The number of hydrogen-bond acceptors (Lipinski definition) is 5. The van der Waals surface area contributed by atoms with Gasteiger partial charge in [0.2, 0.25) is 0 Å². The summed E-state index contributed by atoms with van der Waals surface area (Å²) >= 11 is 1.28. The van der Waals surface area contributed by atoms with Crippen molar-refractivity contribution in [1.82, 2.24) is 10.3 Å². The van der Waals surface area contributed by atoms with Gasteiger partial charge in [-0.3, -0.25) is 9.59 Å². The van der Waals surface area contributed by atoms with Gasteiger partial charge in [0.1, 0.15) is 6.04 Å². The first-order chi connectivity index (χ1) is 17.6. The Labute approximate surface area is 211 Å². The van der Waals surface area contributed by atoms with E-state index in [1.165, 1.54) is 11.3 Å². The molecular formula is C28H23N3O4S. The minimum absolute atomic E-state index is 0.213. The number of rotatable bonds is 8. The highest BCUT2D eigenvalue weighted by Gasteiger charge is 2.25. The fraction of sp³-hybridized carbons (Fsp3) is 0.107. The van der Waals surface area contributed by atoms with E-state index in [4.69, 9.17) is 4.74 Å². The number of benzene rings is 3. The van der Waals surface area contributed by atoms with Gasteiger partial charge >= 0.3 is 5.97 Å². The van der Waals surface area contributed by atoms with Gasteiger partial charge in [-0.15, -0.1) is 11.3 Å². The molecule has 0 aliphatic rings. The van der Waals surface area contributed by atoms with Crippen LogP contribution in [0.2, 0.25) is 0 Å². The SMILES string of the molecule is O=C(COC(=O)C(Cc1c[nH]c2ccccc12)NC(=O)c1cccs1)Nc1cccc2ccccc12. The fourth-order valence-corrected chi connectivity index (χ4v) is 4.74. The van der Waals surface area contributed by atoms with Crippen molar-refractivity contribution in [1.29, 1.82) is 0 Å². The molecule has 0 aliphatic heterocycles. The molecule has 3 aromatic carbocycles. The summed E-state index contributed by atoms with van der Waals surface area (Å²) in [7, 11) is 0. The monoisotopic (exact) mass is 497 g/mol. The summed E-state index contributed by atoms with van der Waals surface area (Å²) in [4.78, 5) is 42.0. The lowest BCUT2D eigenvalue weighted by molar-refractivity contribution is -0.149. The van der Waals surface area contributed by atoms with E-state index in [-0.39, 0.29) is 12.3 Å². The average molecular weight is 498 g/mol. The second-order valence-corrected chi connectivity index (χ2v) is 9.20. The number of esters is 1. The summed E-state index contributed by atoms with van der Waals surface area (Å²) < 4.78 is 5.36. The molecule has 2 amide bonds. The van der Waals surface area contributed by atoms with Crippen LogP contribution in [0.3, 0.4) is 0 Å². The van der Waals surface area contributed by atoms with Gasteiger partial charge < -0.3 is 20.4 Å². The molecule has 7 nitrogen and oxygen atoms in total. The van der Waals surface area contributed by atoms with Crippen LogP contribution in [0.15, 0.2) is 90.4 Å². The minimum atomic E-state index is -0.968. The van der Waals surface area contributed by atoms with E-state index in [9.17, 15) is 14.4 Å². The Morgan fingerprint density at radius 2 is 1.67 bits per heavy atom. The third-order valence-electron chi connectivity index (χ3n) is 5.84. The van der Waals surface area contributed by atoms with Gasteiger partial charge in [0.15, 0.2) is 6.61 Å². The largest absolute Gasteiger partial charge is 0.454 e. The van der Waals surface area contributed by atoms with Crippen molar-refractivity contribution in [2.75, 3.05) is 11.9 Å². The molecular weight excluding hydrogens is 474 g/mol. The molecule has 3 N–H and O–H groups in total. The van der Waals surface area contributed by atoms with E-state index in [0.717, 1.165) is 27.2 Å². The summed E-state index contributed by atoms with van der Waals surface area (Å²) in [6.07, 6.45) is 2.03. The van der Waals surface area contributed by atoms with Gasteiger partial charge in [-0.05, 0) is 34.5 Å². The van der Waals surface area contributed by atoms with Crippen molar-refractivity contribution in [3.8, 4) is 0 Å². The highest BCUT2D eigenvalue weighted by molar-refractivity contribution is 7.12. The summed E-state index contributed by atoms with van der Waals surface area (Å²) in [6.45, 7) is -0.471. The van der Waals surface area contributed by atoms with Crippen LogP contribution >= 0.6 is 11.3 Å². The quantitative estimate of drug-likeness (QED) is 0.265. The Hall–Kier alpha value is -4.43. The number of hydrogen-bond donors (Lipinski definition) is 3. The topological polar surface area (TPSA) is 100 Å². The maximum Gasteiger partial charge on any atom is 0.329 e. The first-order valence-corrected chi connectivity index (χ1v) is 12.3. The standard InChI is InChI=1S/C28H23N3O4S/c32-26(30-23-12-5-8-18-7-1-2-9-20(18)23)17-35-28(34)24(31-27(33)25-13-6-14-36-25)15-19-16-29-22-11-4-3-10-21(19)22/h1-14,16,24,29H,15,17H2,(H,30,32)(H,31,33). The molecule has 1 unspecified atom stereocenters. The number of aromatic amines is 1. The van der Waals surface area contributed by atoms with Crippen LogP contribution in [-0.4, -0.2) is 35.4 Å². The molecule has 180 valence electrons. The molecule has 0 fully saturated rings. The maximum atomic E-state index is 13.1. The minimum Gasteiger partial charge on any atom is -0.454 e. The zero-order chi connectivity index (χ0) is 24.9. The number of carbonyl (C=O) groups is 3. The molecule has 8 heteroatoms. The Bertz CT molecular complexity index is 1540. The van der Waals surface area contributed by atoms with Crippen LogP contribution in [-0.2, 0) is 20.7 Å². The van der Waals surface area contributed by atoms with Crippen LogP contribution in [0.1, 0.15) is 15.2 Å². The average Bonchev–Trinajstić information content (AvgIpc) is 3.58. The number of para-hydroxylation sites is 1. The smallest absolute Gasteiger partial charge is 0.329 e. The van der Waals surface area contributed by atoms with Crippen LogP contribution in [0, 0.1) is 0 Å². The van der Waals surface area contributed by atoms with Crippen molar-refractivity contribution in [3.05, 3.63) is 101 Å². The van der Waals surface area contributed by atoms with Crippen LogP contribution in [0.5, 0.6) is 0 Å². The molecule has 5 aromatic rings. The first kappa shape index (κ1) is 23.3. The van der Waals surface area contributed by atoms with E-state index in [1.807, 2.05) is 66.9 Å². The summed E-state index contributed by atoms with van der Waals surface area (Å²) in [5.41, 5.74) is 2.42. The second kappa shape index (κ2) is 10.5. The lowest BCUT2D eigenvalue weighted by atomic mass is 10.0. The zero-order valence-electron chi connectivity index (χ0n) is 19.2. The lowest BCUT2D eigenvalue weighted by Gasteiger charge is -2.17. The van der Waals surface area contributed by atoms with Crippen LogP contribution < -0.4 is 10.6 Å². The molecule has 0 bridgehead atoms. The lowest BCUT2D eigenvalue weighted by Crippen LogP contribution is -2.43. The molecule has 2 aromatic heterocycles. The summed E-state index contributed by atoms with van der Waals surface area (Å²) in [5.74, 6) is -1.51. The normalized spacial score (nSPS) is 11.8. The molecule has 0 saturated heterocycles. The summed E-state index contributed by atoms with van der Waals surface area (Å²) in [6, 6.07) is 23.5. The van der Waals surface area contributed by atoms with E-state index in [1.54, 1.807) is 23.6 Å². The number of carbonyl (C=O) groups excluding carboxylic acids is 3. The van der Waals surface area contributed by atoms with Crippen molar-refractivity contribution in [2.24, 2.45) is 0 Å². The van der Waals surface area contributed by atoms with E-state index in [0.29, 0.717) is 10.6 Å². The third kappa shape index (κ3) is 5.13. The van der Waals surface area contributed by atoms with Crippen molar-refractivity contribution in [2.45, 2.75) is 12.5 Å². The van der Waals surface area contributed by atoms with Gasteiger partial charge in [-0.2, -0.15) is 0 Å². The zero-order valence-corrected chi connectivity index (χ0v) is 20.0. The van der Waals surface area contributed by atoms with Crippen LogP contribution in [0.25, 0.3) is 21.7 Å². The summed E-state index contributed by atoms with van der Waals surface area (Å²) in [5, 5.41) is 10.2. The van der Waals surface area contributed by atoms with Crippen molar-refractivity contribution in [3.63, 3.8) is 0 Å². The van der Waals surface area contributed by atoms with Crippen molar-refractivity contribution < 1.29 is 19.1 Å². The van der Waals surface area contributed by atoms with Crippen molar-refractivity contribution >= 4 is 56.5 Å². The number of aromatic nitrogens is 1. The molecule has 0 spiro atoms. The van der Waals surface area contributed by atoms with Gasteiger partial charge in [-0.1, -0.05) is 60.7 Å². The van der Waals surface area contributed by atoms with E-state index in [2.05, 4.69) is 15.6 Å². The van der Waals surface area contributed by atoms with E-state index >= 15 is 0 Å². The fourth-order valence-electron chi connectivity index (χ4n) is 4.11. The van der Waals surface area contributed by atoms with Gasteiger partial charge in [0.25, 0.3) is 11.8 Å². The van der Waals surface area contributed by atoms with Gasteiger partial charge in [0.05, 0.1) is 4.88 Å². The third-order valence-corrected chi connectivity index (χ3v) is 6.71. The Kier molecular flexibility index (Phi) is 6.77. The number of ether oxygens (including phenoxy) is 1. The number of nitrogens with one attached hydrogen (secondary N) is 3. The maximum absolute atomic E-state index is 13.1. The molecule has 2 heterocycles. The van der Waals surface area contributed by atoms with E-state index < -0.39 is 24.5 Å². The number of fused-ring (bicyclic) bond motifs is 2. The molecule has 36 heavy (non-hydrogen) atoms. The number of H-pyrrole nitrogens is 1. The Balaban J connectivity index is 1.29. The first-order valence-electron chi connectivity index (χ1n) is 11.4. The Morgan fingerprint density at radius 3 is 2.50 bits per heavy atom. The number of anilines is 1. The molecule has 5 rings (SSSR count). The highest BCUT2D eigenvalue weighted by Crippen LogP contribution is 2.23. The Morgan fingerprint density at radius 1 is 0.889 bits per heavy atom. The van der Waals surface area contributed by atoms with Gasteiger partial charge in [0, 0.05) is 34.6 Å². The molecule has 0 saturated carbocycles. The number of thiophene rings is 1. The molecule has 0 aliphatic carbocycles. The number of amides is 2. The van der Waals surface area contributed by atoms with Crippen LogP contribution in [0.4, 0.5) is 5.69 Å². The second-order valence-electron chi connectivity index (χ2n) is 8.25. The molecule has 1 atom stereocenters.